The summed E-state index contributed by atoms with van der Waals surface area (Å²) in [5.41, 5.74) is -0.0495. The van der Waals surface area contributed by atoms with Gasteiger partial charge in [-0.25, -0.2) is 0 Å². The molecule has 21 heavy (non-hydrogen) atoms. The summed E-state index contributed by atoms with van der Waals surface area (Å²) in [5.74, 6) is -0.323. The van der Waals surface area contributed by atoms with Crippen molar-refractivity contribution in [3.8, 4) is 0 Å². The Morgan fingerprint density at radius 2 is 1.62 bits per heavy atom. The third kappa shape index (κ3) is 10.7. The summed E-state index contributed by atoms with van der Waals surface area (Å²) < 4.78 is 29.8. The summed E-state index contributed by atoms with van der Waals surface area (Å²) in [5, 5.41) is 2.88. The van der Waals surface area contributed by atoms with Crippen molar-refractivity contribution in [2.75, 3.05) is 12.3 Å². The van der Waals surface area contributed by atoms with Gasteiger partial charge in [-0.05, 0) is 30.1 Å². The van der Waals surface area contributed by atoms with Crippen molar-refractivity contribution in [2.24, 2.45) is 16.7 Å². The van der Waals surface area contributed by atoms with Gasteiger partial charge in [-0.2, -0.15) is 8.42 Å². The van der Waals surface area contributed by atoms with Crippen LogP contribution in [0.1, 0.15) is 60.8 Å². The molecule has 1 amide bonds. The number of carbonyl (C=O) groups is 1. The maximum atomic E-state index is 12.3. The number of hydrogen-bond donors (Lipinski definition) is 2. The van der Waals surface area contributed by atoms with E-state index in [1.165, 1.54) is 0 Å². The van der Waals surface area contributed by atoms with Crippen molar-refractivity contribution in [3.05, 3.63) is 0 Å². The molecular weight excluding hydrogens is 290 g/mol. The molecule has 0 rings (SSSR count). The molecule has 0 saturated carbocycles. The monoisotopic (exact) mass is 321 g/mol. The molecule has 0 aliphatic rings. The van der Waals surface area contributed by atoms with E-state index in [1.807, 2.05) is 0 Å². The second kappa shape index (κ2) is 7.58. The van der Waals surface area contributed by atoms with Crippen molar-refractivity contribution in [1.82, 2.24) is 5.32 Å². The van der Waals surface area contributed by atoms with Crippen LogP contribution in [0.25, 0.3) is 0 Å². The molecule has 0 spiro atoms. The van der Waals surface area contributed by atoms with Crippen molar-refractivity contribution < 1.29 is 17.8 Å². The maximum Gasteiger partial charge on any atom is 0.264 e. The zero-order valence-electron chi connectivity index (χ0n) is 14.2. The molecule has 0 fully saturated rings. The van der Waals surface area contributed by atoms with Crippen molar-refractivity contribution in [2.45, 2.75) is 60.8 Å². The smallest absolute Gasteiger partial charge is 0.264 e. The van der Waals surface area contributed by atoms with Crippen LogP contribution >= 0.6 is 0 Å². The van der Waals surface area contributed by atoms with Gasteiger partial charge in [0.05, 0.1) is 5.75 Å². The molecule has 0 bridgehead atoms. The molecule has 0 radical (unpaired) electrons. The van der Waals surface area contributed by atoms with Crippen molar-refractivity contribution >= 4 is 16.0 Å². The van der Waals surface area contributed by atoms with Crippen LogP contribution in [0, 0.1) is 16.7 Å². The first-order valence-electron chi connectivity index (χ1n) is 7.45. The Kier molecular flexibility index (Phi) is 7.36. The molecular formula is C15H31NO4S. The zero-order valence-corrected chi connectivity index (χ0v) is 15.0. The van der Waals surface area contributed by atoms with Gasteiger partial charge < -0.3 is 5.32 Å². The van der Waals surface area contributed by atoms with Crippen LogP contribution in [0.2, 0.25) is 0 Å². The summed E-state index contributed by atoms with van der Waals surface area (Å²) in [6.45, 7) is 13.0. The number of rotatable bonds is 7. The number of nitrogens with one attached hydrogen (secondary N) is 1. The molecule has 0 aliphatic heterocycles. The molecule has 126 valence electrons. The van der Waals surface area contributed by atoms with E-state index in [0.29, 0.717) is 19.4 Å². The first-order chi connectivity index (χ1) is 9.22. The predicted molar refractivity (Wildman–Crippen MR) is 85.7 cm³/mol. The fraction of sp³-hybridized carbons (Fsp3) is 0.933. The van der Waals surface area contributed by atoms with Crippen LogP contribution in [-0.4, -0.2) is 31.2 Å². The van der Waals surface area contributed by atoms with E-state index >= 15 is 0 Å². The number of carbonyl (C=O) groups excluding carboxylic acids is 1. The lowest BCUT2D eigenvalue weighted by molar-refractivity contribution is -0.129. The number of amides is 1. The van der Waals surface area contributed by atoms with Gasteiger partial charge >= 0.3 is 0 Å². The molecule has 0 aromatic carbocycles. The van der Waals surface area contributed by atoms with E-state index in [4.69, 9.17) is 4.55 Å². The first kappa shape index (κ1) is 20.4. The van der Waals surface area contributed by atoms with Gasteiger partial charge in [-0.15, -0.1) is 0 Å². The minimum absolute atomic E-state index is 0.0179. The highest BCUT2D eigenvalue weighted by Crippen LogP contribution is 2.36. The second-order valence-corrected chi connectivity index (χ2v) is 9.54. The van der Waals surface area contributed by atoms with Gasteiger partial charge in [0.25, 0.3) is 10.1 Å². The van der Waals surface area contributed by atoms with E-state index in [1.54, 1.807) is 0 Å². The van der Waals surface area contributed by atoms with Crippen LogP contribution in [-0.2, 0) is 14.9 Å². The zero-order chi connectivity index (χ0) is 16.9. The topological polar surface area (TPSA) is 83.5 Å². The molecule has 1 unspecified atom stereocenters. The first-order valence-corrected chi connectivity index (χ1v) is 9.06. The molecule has 2 N–H and O–H groups in total. The third-order valence-corrected chi connectivity index (χ3v) is 4.11. The lowest BCUT2D eigenvalue weighted by Gasteiger charge is -2.34. The summed E-state index contributed by atoms with van der Waals surface area (Å²) >= 11 is 0. The minimum atomic E-state index is -3.90. The van der Waals surface area contributed by atoms with E-state index in [0.717, 1.165) is 6.42 Å². The van der Waals surface area contributed by atoms with E-state index < -0.39 is 10.1 Å². The minimum Gasteiger partial charge on any atom is -0.356 e. The number of unbranched alkanes of at least 4 members (excludes halogenated alkanes) is 1. The number of hydrogen-bond acceptors (Lipinski definition) is 3. The SMILES string of the molecule is CC(C)(C)CC(C(=O)NCCCCS(=O)(=O)O)C(C)(C)C. The Balaban J connectivity index is 4.37. The van der Waals surface area contributed by atoms with Crippen molar-refractivity contribution in [1.29, 1.82) is 0 Å². The largest absolute Gasteiger partial charge is 0.356 e. The van der Waals surface area contributed by atoms with Gasteiger partial charge in [0, 0.05) is 12.5 Å². The molecule has 1 atom stereocenters. The second-order valence-electron chi connectivity index (χ2n) is 7.97. The van der Waals surface area contributed by atoms with Crippen LogP contribution in [0.5, 0.6) is 0 Å². The lowest BCUT2D eigenvalue weighted by atomic mass is 9.71. The summed E-state index contributed by atoms with van der Waals surface area (Å²) in [6, 6.07) is 0. The van der Waals surface area contributed by atoms with E-state index in [9.17, 15) is 13.2 Å². The summed E-state index contributed by atoms with van der Waals surface area (Å²) in [7, 11) is -3.90. The molecule has 0 aromatic heterocycles. The summed E-state index contributed by atoms with van der Waals surface area (Å²) in [4.78, 5) is 12.3. The fourth-order valence-corrected chi connectivity index (χ4v) is 2.72. The normalized spacial score (nSPS) is 14.8. The highest BCUT2D eigenvalue weighted by Gasteiger charge is 2.34. The van der Waals surface area contributed by atoms with E-state index in [-0.39, 0.29) is 28.4 Å². The highest BCUT2D eigenvalue weighted by atomic mass is 32.2. The lowest BCUT2D eigenvalue weighted by Crippen LogP contribution is -2.40. The fourth-order valence-electron chi connectivity index (χ4n) is 2.15. The van der Waals surface area contributed by atoms with Gasteiger partial charge in [0.1, 0.15) is 0 Å². The third-order valence-electron chi connectivity index (χ3n) is 3.31. The van der Waals surface area contributed by atoms with Gasteiger partial charge in [0.2, 0.25) is 5.91 Å². The maximum absolute atomic E-state index is 12.3. The Morgan fingerprint density at radius 1 is 1.10 bits per heavy atom. The Labute approximate surface area is 129 Å². The standard InChI is InChI=1S/C15H31NO4S/c1-14(2,3)11-12(15(4,5)6)13(17)16-9-7-8-10-21(18,19)20/h12H,7-11H2,1-6H3,(H,16,17)(H,18,19,20). The molecule has 5 nitrogen and oxygen atoms in total. The average Bonchev–Trinajstić information content (AvgIpc) is 2.20. The average molecular weight is 321 g/mol. The van der Waals surface area contributed by atoms with Crippen LogP contribution in [0.3, 0.4) is 0 Å². The van der Waals surface area contributed by atoms with Crippen LogP contribution < -0.4 is 5.32 Å². The van der Waals surface area contributed by atoms with Crippen LogP contribution in [0.15, 0.2) is 0 Å². The molecule has 0 aromatic rings. The molecule has 0 aliphatic carbocycles. The molecule has 6 heteroatoms. The molecule has 0 heterocycles. The van der Waals surface area contributed by atoms with Gasteiger partial charge in [0.15, 0.2) is 0 Å². The van der Waals surface area contributed by atoms with Gasteiger partial charge in [-0.1, -0.05) is 41.5 Å². The quantitative estimate of drug-likeness (QED) is 0.558. The van der Waals surface area contributed by atoms with Crippen molar-refractivity contribution in [3.63, 3.8) is 0 Å². The van der Waals surface area contributed by atoms with Crippen LogP contribution in [0.4, 0.5) is 0 Å². The van der Waals surface area contributed by atoms with E-state index in [2.05, 4.69) is 46.9 Å². The Morgan fingerprint density at radius 3 is 2.00 bits per heavy atom. The summed E-state index contributed by atoms with van der Waals surface area (Å²) in [6.07, 6.45) is 1.68. The van der Waals surface area contributed by atoms with Gasteiger partial charge in [-0.3, -0.25) is 9.35 Å². The molecule has 0 saturated heterocycles. The predicted octanol–water partition coefficient (Wildman–Crippen LogP) is 2.87. The Bertz CT molecular complexity index is 430. The Hall–Kier alpha value is -0.620. The highest BCUT2D eigenvalue weighted by molar-refractivity contribution is 7.85.